The van der Waals surface area contributed by atoms with Gasteiger partial charge in [-0.3, -0.25) is 14.4 Å². The molecule has 1 unspecified atom stereocenters. The molecule has 0 spiro atoms. The molecule has 6 heteroatoms. The molecule has 59 heavy (non-hydrogen) atoms. The van der Waals surface area contributed by atoms with Gasteiger partial charge in [-0.25, -0.2) is 0 Å². The fourth-order valence-corrected chi connectivity index (χ4v) is 7.22. The molecule has 1 atom stereocenters. The Balaban J connectivity index is 4.37. The van der Waals surface area contributed by atoms with Gasteiger partial charge in [-0.15, -0.1) is 0 Å². The molecule has 0 saturated carbocycles. The van der Waals surface area contributed by atoms with Crippen LogP contribution in [0.4, 0.5) is 0 Å². The Labute approximate surface area is 365 Å². The van der Waals surface area contributed by atoms with Crippen LogP contribution < -0.4 is 0 Å². The lowest BCUT2D eigenvalue weighted by Crippen LogP contribution is -2.30. The van der Waals surface area contributed by atoms with E-state index in [1.807, 2.05) is 0 Å². The zero-order valence-electron chi connectivity index (χ0n) is 39.3. The van der Waals surface area contributed by atoms with Gasteiger partial charge >= 0.3 is 17.9 Å². The van der Waals surface area contributed by atoms with Crippen LogP contribution in [0.15, 0.2) is 36.5 Å². The van der Waals surface area contributed by atoms with Crippen molar-refractivity contribution >= 4 is 17.9 Å². The van der Waals surface area contributed by atoms with E-state index in [0.29, 0.717) is 19.3 Å². The number of rotatable bonds is 46. The number of allylic oxidation sites excluding steroid dienone is 6. The molecule has 0 bridgehead atoms. The number of carbonyl (C=O) groups excluding carboxylic acids is 3. The maximum atomic E-state index is 12.8. The smallest absolute Gasteiger partial charge is 0.306 e. The van der Waals surface area contributed by atoms with Gasteiger partial charge in [-0.1, -0.05) is 211 Å². The lowest BCUT2D eigenvalue weighted by molar-refractivity contribution is -0.167. The molecule has 0 aromatic carbocycles. The molecule has 344 valence electrons. The van der Waals surface area contributed by atoms with Gasteiger partial charge in [0.2, 0.25) is 0 Å². The fourth-order valence-electron chi connectivity index (χ4n) is 7.22. The minimum absolute atomic E-state index is 0.0777. The highest BCUT2D eigenvalue weighted by Gasteiger charge is 2.19. The lowest BCUT2D eigenvalue weighted by atomic mass is 10.0. The number of unbranched alkanes of at least 4 members (excludes halogenated alkanes) is 29. The SMILES string of the molecule is CCCC/C=C\C/C=C\CCCCCCCC(=O)OC(COC(=O)CCCCCCC/C=C\CCCCC)COC(=O)CCCCCCCCCCCCCCCCC. The Morgan fingerprint density at radius 3 is 1.03 bits per heavy atom. The van der Waals surface area contributed by atoms with Crippen LogP contribution in [-0.2, 0) is 28.6 Å². The van der Waals surface area contributed by atoms with Crippen molar-refractivity contribution < 1.29 is 28.6 Å². The van der Waals surface area contributed by atoms with Gasteiger partial charge in [0.05, 0.1) is 0 Å². The van der Waals surface area contributed by atoms with Crippen molar-refractivity contribution in [1.82, 2.24) is 0 Å². The van der Waals surface area contributed by atoms with Gasteiger partial charge in [0.25, 0.3) is 0 Å². The van der Waals surface area contributed by atoms with E-state index in [1.165, 1.54) is 135 Å². The number of ether oxygens (including phenoxy) is 3. The van der Waals surface area contributed by atoms with Gasteiger partial charge in [0.1, 0.15) is 13.2 Å². The molecule has 0 saturated heterocycles. The van der Waals surface area contributed by atoms with E-state index in [9.17, 15) is 14.4 Å². The Bertz CT molecular complexity index is 1000. The fraction of sp³-hybridized carbons (Fsp3) is 0.830. The third-order valence-corrected chi connectivity index (χ3v) is 11.1. The second-order valence-corrected chi connectivity index (χ2v) is 17.1. The first-order chi connectivity index (χ1) is 29.0. The van der Waals surface area contributed by atoms with E-state index in [1.54, 1.807) is 0 Å². The van der Waals surface area contributed by atoms with Crippen LogP contribution in [0.3, 0.4) is 0 Å². The van der Waals surface area contributed by atoms with Crippen molar-refractivity contribution in [2.75, 3.05) is 13.2 Å². The molecule has 0 aliphatic rings. The van der Waals surface area contributed by atoms with Crippen molar-refractivity contribution in [2.45, 2.75) is 271 Å². The molecule has 0 aliphatic carbocycles. The van der Waals surface area contributed by atoms with Crippen molar-refractivity contribution in [3.63, 3.8) is 0 Å². The Morgan fingerprint density at radius 2 is 0.627 bits per heavy atom. The van der Waals surface area contributed by atoms with Crippen molar-refractivity contribution in [1.29, 1.82) is 0 Å². The van der Waals surface area contributed by atoms with Gasteiger partial charge in [-0.05, 0) is 70.6 Å². The molecule has 0 aliphatic heterocycles. The Morgan fingerprint density at radius 1 is 0.339 bits per heavy atom. The van der Waals surface area contributed by atoms with E-state index in [0.717, 1.165) is 89.9 Å². The summed E-state index contributed by atoms with van der Waals surface area (Å²) >= 11 is 0. The minimum atomic E-state index is -0.778. The van der Waals surface area contributed by atoms with Crippen LogP contribution >= 0.6 is 0 Å². The first-order valence-electron chi connectivity index (χ1n) is 25.5. The zero-order chi connectivity index (χ0) is 43.0. The summed E-state index contributed by atoms with van der Waals surface area (Å²) in [7, 11) is 0. The summed E-state index contributed by atoms with van der Waals surface area (Å²) < 4.78 is 16.8. The maximum absolute atomic E-state index is 12.8. The second-order valence-electron chi connectivity index (χ2n) is 17.1. The van der Waals surface area contributed by atoms with Crippen molar-refractivity contribution in [2.24, 2.45) is 0 Å². The van der Waals surface area contributed by atoms with Crippen LogP contribution in [0, 0.1) is 0 Å². The molecular formula is C53H96O6. The predicted octanol–water partition coefficient (Wildman–Crippen LogP) is 16.5. The number of hydrogen-bond acceptors (Lipinski definition) is 6. The molecule has 0 amide bonds. The monoisotopic (exact) mass is 829 g/mol. The first-order valence-corrected chi connectivity index (χ1v) is 25.5. The topological polar surface area (TPSA) is 78.9 Å². The molecule has 0 aromatic rings. The van der Waals surface area contributed by atoms with E-state index in [4.69, 9.17) is 14.2 Å². The summed E-state index contributed by atoms with van der Waals surface area (Å²) in [5.74, 6) is -0.893. The number of hydrogen-bond donors (Lipinski definition) is 0. The quantitative estimate of drug-likeness (QED) is 0.0263. The highest BCUT2D eigenvalue weighted by Crippen LogP contribution is 2.15. The van der Waals surface area contributed by atoms with Gasteiger partial charge in [0.15, 0.2) is 6.10 Å². The van der Waals surface area contributed by atoms with E-state index in [2.05, 4.69) is 57.2 Å². The van der Waals surface area contributed by atoms with Gasteiger partial charge in [0, 0.05) is 19.3 Å². The Hall–Kier alpha value is -2.37. The predicted molar refractivity (Wildman–Crippen MR) is 252 cm³/mol. The summed E-state index contributed by atoms with van der Waals surface area (Å²) in [6.45, 7) is 6.57. The minimum Gasteiger partial charge on any atom is -0.462 e. The molecular weight excluding hydrogens is 733 g/mol. The van der Waals surface area contributed by atoms with Crippen LogP contribution in [0.5, 0.6) is 0 Å². The highest BCUT2D eigenvalue weighted by atomic mass is 16.6. The summed E-state index contributed by atoms with van der Waals surface area (Å²) in [4.78, 5) is 37.9. The summed E-state index contributed by atoms with van der Waals surface area (Å²) in [5.41, 5.74) is 0. The first kappa shape index (κ1) is 56.6. The molecule has 0 N–H and O–H groups in total. The van der Waals surface area contributed by atoms with Gasteiger partial charge in [-0.2, -0.15) is 0 Å². The molecule has 0 rings (SSSR count). The van der Waals surface area contributed by atoms with Crippen molar-refractivity contribution in [3.05, 3.63) is 36.5 Å². The summed E-state index contributed by atoms with van der Waals surface area (Å²) in [6, 6.07) is 0. The third-order valence-electron chi connectivity index (χ3n) is 11.1. The highest BCUT2D eigenvalue weighted by molar-refractivity contribution is 5.71. The van der Waals surface area contributed by atoms with Crippen molar-refractivity contribution in [3.8, 4) is 0 Å². The average Bonchev–Trinajstić information content (AvgIpc) is 3.23. The number of carbonyl (C=O) groups is 3. The van der Waals surface area contributed by atoms with Crippen LogP contribution in [0.1, 0.15) is 265 Å². The molecule has 0 radical (unpaired) electrons. The number of esters is 3. The van der Waals surface area contributed by atoms with Gasteiger partial charge < -0.3 is 14.2 Å². The molecule has 0 aromatic heterocycles. The Kier molecular flexibility index (Phi) is 46.4. The molecule has 0 heterocycles. The summed E-state index contributed by atoms with van der Waals surface area (Å²) in [5, 5.41) is 0. The molecule has 0 fully saturated rings. The second kappa shape index (κ2) is 48.3. The average molecular weight is 829 g/mol. The van der Waals surface area contributed by atoms with E-state index < -0.39 is 6.10 Å². The van der Waals surface area contributed by atoms with E-state index in [-0.39, 0.29) is 31.1 Å². The van der Waals surface area contributed by atoms with Crippen LogP contribution in [0.25, 0.3) is 0 Å². The lowest BCUT2D eigenvalue weighted by Gasteiger charge is -2.18. The largest absolute Gasteiger partial charge is 0.462 e. The van der Waals surface area contributed by atoms with Crippen LogP contribution in [0.2, 0.25) is 0 Å². The summed E-state index contributed by atoms with van der Waals surface area (Å²) in [6.07, 6.45) is 55.5. The standard InChI is InChI=1S/C53H96O6/c1-4-7-10-13-16-19-22-25-27-29-31-34-37-40-43-46-52(55)58-49-50(48-57-51(54)45-42-39-36-33-30-24-21-18-15-12-9-6-3)59-53(56)47-44-41-38-35-32-28-26-23-20-17-14-11-8-5-2/h14,17-18,21,23,26,50H,4-13,15-16,19-20,22,24-25,27-49H2,1-3H3/b17-14-,21-18-,26-23-. The van der Waals surface area contributed by atoms with Crippen LogP contribution in [-0.4, -0.2) is 37.2 Å². The zero-order valence-corrected chi connectivity index (χ0v) is 39.3. The normalized spacial score (nSPS) is 12.3. The maximum Gasteiger partial charge on any atom is 0.306 e. The third kappa shape index (κ3) is 46.5. The van der Waals surface area contributed by atoms with E-state index >= 15 is 0 Å². The molecule has 6 nitrogen and oxygen atoms in total.